The van der Waals surface area contributed by atoms with Crippen molar-refractivity contribution >= 4 is 34.2 Å². The number of nitrogens with one attached hydrogen (secondary N) is 1. The number of hydrogen-bond donors (Lipinski definition) is 2. The van der Waals surface area contributed by atoms with Crippen LogP contribution in [0.4, 0.5) is 5.69 Å². The van der Waals surface area contributed by atoms with E-state index in [2.05, 4.69) is 10.4 Å². The second-order valence-corrected chi connectivity index (χ2v) is 8.18. The highest BCUT2D eigenvalue weighted by Crippen LogP contribution is 2.27. The van der Waals surface area contributed by atoms with Crippen molar-refractivity contribution in [2.75, 3.05) is 5.01 Å². The second kappa shape index (κ2) is 8.82. The molecule has 8 heteroatoms. The number of aryl methyl sites for hydroxylation is 1. The standard InChI is InChI=1S/C26H24N6O2/c1-31-21-15-9-8-14-19(21)28-25(31)23(17-10-4-2-5-11-17)29-26(34)20-16-22(24(27)33)32(30-20)18-12-6-3-7-13-18/h2-15,22-23H,16H2,1H3,(H2,27,33)(H,29,34). The Kier molecular flexibility index (Phi) is 5.55. The molecule has 8 nitrogen and oxygen atoms in total. The average Bonchev–Trinajstić information content (AvgIpc) is 3.46. The van der Waals surface area contributed by atoms with Crippen LogP contribution in [0.15, 0.2) is 90.0 Å². The van der Waals surface area contributed by atoms with Gasteiger partial charge in [-0.1, -0.05) is 60.7 Å². The number of hydrazone groups is 1. The van der Waals surface area contributed by atoms with Gasteiger partial charge >= 0.3 is 0 Å². The van der Waals surface area contributed by atoms with Gasteiger partial charge in [0.1, 0.15) is 23.6 Å². The van der Waals surface area contributed by atoms with Crippen LogP contribution in [0.2, 0.25) is 0 Å². The van der Waals surface area contributed by atoms with Crippen LogP contribution in [0, 0.1) is 0 Å². The summed E-state index contributed by atoms with van der Waals surface area (Å²) in [6.07, 6.45) is 0.125. The first-order valence-corrected chi connectivity index (χ1v) is 11.0. The number of aromatic nitrogens is 2. The van der Waals surface area contributed by atoms with E-state index in [0.717, 1.165) is 16.6 Å². The van der Waals surface area contributed by atoms with E-state index in [1.54, 1.807) is 0 Å². The molecule has 34 heavy (non-hydrogen) atoms. The van der Waals surface area contributed by atoms with Gasteiger partial charge in [-0.15, -0.1) is 0 Å². The Bertz CT molecular complexity index is 1380. The summed E-state index contributed by atoms with van der Waals surface area (Å²) in [6, 6.07) is 25.5. The number of primary amides is 1. The number of amides is 2. The summed E-state index contributed by atoms with van der Waals surface area (Å²) < 4.78 is 1.98. The molecule has 0 saturated heterocycles. The van der Waals surface area contributed by atoms with Gasteiger partial charge in [-0.2, -0.15) is 5.10 Å². The van der Waals surface area contributed by atoms with E-state index in [4.69, 9.17) is 10.7 Å². The lowest BCUT2D eigenvalue weighted by atomic mass is 10.0. The number of fused-ring (bicyclic) bond motifs is 1. The molecule has 5 rings (SSSR count). The van der Waals surface area contributed by atoms with Gasteiger partial charge in [-0.05, 0) is 29.8 Å². The predicted molar refractivity (Wildman–Crippen MR) is 131 cm³/mol. The number of hydrogen-bond acceptors (Lipinski definition) is 5. The molecular weight excluding hydrogens is 428 g/mol. The van der Waals surface area contributed by atoms with E-state index in [1.165, 1.54) is 5.01 Å². The lowest BCUT2D eigenvalue weighted by molar-refractivity contribution is -0.119. The van der Waals surface area contributed by atoms with Crippen LogP contribution in [0.5, 0.6) is 0 Å². The lowest BCUT2D eigenvalue weighted by Crippen LogP contribution is -2.40. The topological polar surface area (TPSA) is 106 Å². The Morgan fingerprint density at radius 2 is 1.62 bits per heavy atom. The van der Waals surface area contributed by atoms with Crippen LogP contribution in [-0.2, 0) is 16.6 Å². The third kappa shape index (κ3) is 3.90. The van der Waals surface area contributed by atoms with Crippen molar-refractivity contribution in [1.29, 1.82) is 0 Å². The largest absolute Gasteiger partial charge is 0.368 e. The molecule has 2 heterocycles. The monoisotopic (exact) mass is 452 g/mol. The number of benzene rings is 3. The molecule has 2 unspecified atom stereocenters. The molecule has 0 spiro atoms. The number of nitrogens with zero attached hydrogens (tertiary/aromatic N) is 4. The molecule has 2 amide bonds. The maximum absolute atomic E-state index is 13.4. The Labute approximate surface area is 196 Å². The molecule has 4 aromatic rings. The summed E-state index contributed by atoms with van der Waals surface area (Å²) in [5.74, 6) is -0.207. The number of imidazole rings is 1. The molecule has 3 N–H and O–H groups in total. The zero-order valence-corrected chi connectivity index (χ0v) is 18.6. The molecule has 0 radical (unpaired) electrons. The molecular formula is C26H24N6O2. The SMILES string of the molecule is Cn1c(C(NC(=O)C2=NN(c3ccccc3)C(C(N)=O)C2)c2ccccc2)nc2ccccc21. The molecule has 3 aromatic carbocycles. The van der Waals surface area contributed by atoms with Crippen molar-refractivity contribution in [3.8, 4) is 0 Å². The highest BCUT2D eigenvalue weighted by atomic mass is 16.2. The number of para-hydroxylation sites is 3. The molecule has 1 aliphatic rings. The molecule has 0 bridgehead atoms. The predicted octanol–water partition coefficient (Wildman–Crippen LogP) is 2.90. The fraction of sp³-hybridized carbons (Fsp3) is 0.154. The van der Waals surface area contributed by atoms with Gasteiger partial charge < -0.3 is 15.6 Å². The maximum atomic E-state index is 13.4. The first kappa shape index (κ1) is 21.4. The fourth-order valence-electron chi connectivity index (χ4n) is 4.27. The maximum Gasteiger partial charge on any atom is 0.268 e. The van der Waals surface area contributed by atoms with Crippen molar-refractivity contribution in [2.45, 2.75) is 18.5 Å². The first-order valence-electron chi connectivity index (χ1n) is 11.0. The summed E-state index contributed by atoms with van der Waals surface area (Å²) in [7, 11) is 1.93. The normalized spacial score (nSPS) is 16.3. The minimum absolute atomic E-state index is 0.125. The molecule has 0 aliphatic carbocycles. The van der Waals surface area contributed by atoms with Crippen LogP contribution in [0.3, 0.4) is 0 Å². The van der Waals surface area contributed by atoms with E-state index in [1.807, 2.05) is 96.5 Å². The molecule has 170 valence electrons. The Morgan fingerprint density at radius 1 is 0.971 bits per heavy atom. The van der Waals surface area contributed by atoms with Crippen molar-refractivity contribution in [1.82, 2.24) is 14.9 Å². The number of rotatable bonds is 6. The van der Waals surface area contributed by atoms with Crippen LogP contribution in [0.25, 0.3) is 11.0 Å². The zero-order valence-electron chi connectivity index (χ0n) is 18.6. The van der Waals surface area contributed by atoms with Gasteiger partial charge in [0.2, 0.25) is 5.91 Å². The van der Waals surface area contributed by atoms with E-state index in [9.17, 15) is 9.59 Å². The van der Waals surface area contributed by atoms with Crippen LogP contribution in [0.1, 0.15) is 23.9 Å². The van der Waals surface area contributed by atoms with Crippen molar-refractivity contribution in [2.24, 2.45) is 17.9 Å². The van der Waals surface area contributed by atoms with E-state index >= 15 is 0 Å². The van der Waals surface area contributed by atoms with Crippen molar-refractivity contribution in [3.63, 3.8) is 0 Å². The van der Waals surface area contributed by atoms with Crippen molar-refractivity contribution in [3.05, 3.63) is 96.3 Å². The van der Waals surface area contributed by atoms with Gasteiger partial charge in [-0.3, -0.25) is 14.6 Å². The molecule has 2 atom stereocenters. The van der Waals surface area contributed by atoms with Gasteiger partial charge in [0.15, 0.2) is 0 Å². The van der Waals surface area contributed by atoms with Crippen LogP contribution in [-0.4, -0.2) is 33.1 Å². The molecule has 1 aromatic heterocycles. The van der Waals surface area contributed by atoms with E-state index in [-0.39, 0.29) is 18.0 Å². The Morgan fingerprint density at radius 3 is 2.29 bits per heavy atom. The smallest absolute Gasteiger partial charge is 0.268 e. The van der Waals surface area contributed by atoms with E-state index < -0.39 is 18.0 Å². The summed E-state index contributed by atoms with van der Waals surface area (Å²) in [5.41, 5.74) is 9.28. The summed E-state index contributed by atoms with van der Waals surface area (Å²) >= 11 is 0. The number of carbonyl (C=O) groups is 2. The molecule has 1 aliphatic heterocycles. The average molecular weight is 453 g/mol. The van der Waals surface area contributed by atoms with Gasteiger partial charge in [-0.25, -0.2) is 4.98 Å². The highest BCUT2D eigenvalue weighted by Gasteiger charge is 2.36. The zero-order chi connectivity index (χ0) is 23.7. The van der Waals surface area contributed by atoms with Crippen LogP contribution >= 0.6 is 0 Å². The Balaban J connectivity index is 1.50. The van der Waals surface area contributed by atoms with E-state index in [0.29, 0.717) is 11.5 Å². The third-order valence-electron chi connectivity index (χ3n) is 6.01. The Hall–Kier alpha value is -4.46. The highest BCUT2D eigenvalue weighted by molar-refractivity contribution is 6.40. The van der Waals surface area contributed by atoms with Gasteiger partial charge in [0.25, 0.3) is 5.91 Å². The van der Waals surface area contributed by atoms with Gasteiger partial charge in [0.05, 0.1) is 16.7 Å². The lowest BCUT2D eigenvalue weighted by Gasteiger charge is -2.20. The molecule has 0 fully saturated rings. The minimum atomic E-state index is -0.728. The molecule has 0 saturated carbocycles. The minimum Gasteiger partial charge on any atom is -0.368 e. The third-order valence-corrected chi connectivity index (χ3v) is 6.01. The number of anilines is 1. The van der Waals surface area contributed by atoms with Crippen LogP contribution < -0.4 is 16.1 Å². The fourth-order valence-corrected chi connectivity index (χ4v) is 4.27. The summed E-state index contributed by atoms with van der Waals surface area (Å²) in [4.78, 5) is 30.3. The summed E-state index contributed by atoms with van der Waals surface area (Å²) in [6.45, 7) is 0. The first-order chi connectivity index (χ1) is 16.5. The summed E-state index contributed by atoms with van der Waals surface area (Å²) in [5, 5.41) is 9.09. The quantitative estimate of drug-likeness (QED) is 0.469. The van der Waals surface area contributed by atoms with Gasteiger partial charge in [0, 0.05) is 13.5 Å². The second-order valence-electron chi connectivity index (χ2n) is 8.18. The van der Waals surface area contributed by atoms with Crippen molar-refractivity contribution < 1.29 is 9.59 Å². The number of nitrogens with two attached hydrogens (primary N) is 1. The number of carbonyl (C=O) groups excluding carboxylic acids is 2.